The highest BCUT2D eigenvalue weighted by molar-refractivity contribution is 8.02. The van der Waals surface area contributed by atoms with E-state index in [2.05, 4.69) is 232 Å². The highest BCUT2D eigenvalue weighted by Crippen LogP contribution is 2.60. The van der Waals surface area contributed by atoms with E-state index < -0.39 is 14.5 Å². The Morgan fingerprint density at radius 2 is 0.527 bits per heavy atom. The van der Waals surface area contributed by atoms with Gasteiger partial charge in [-0.1, -0.05) is 135 Å². The maximum absolute atomic E-state index is 2.64. The molecule has 0 saturated heterocycles. The molecular formula is C53H46P2+2. The highest BCUT2D eigenvalue weighted by Gasteiger charge is 2.52. The maximum Gasteiger partial charge on any atom is 0.144 e. The molecule has 0 saturated carbocycles. The zero-order valence-corrected chi connectivity index (χ0v) is 33.4. The van der Waals surface area contributed by atoms with Crippen LogP contribution in [-0.2, 0) is 5.41 Å². The van der Waals surface area contributed by atoms with Crippen molar-refractivity contribution >= 4 is 57.0 Å². The summed E-state index contributed by atoms with van der Waals surface area (Å²) in [5, 5.41) is 11.1. The molecule has 0 radical (unpaired) electrons. The molecule has 9 rings (SSSR count). The summed E-state index contributed by atoms with van der Waals surface area (Å²) in [4.78, 5) is 0. The Balaban J connectivity index is 1.31. The van der Waals surface area contributed by atoms with Crippen LogP contribution in [0.4, 0.5) is 0 Å². The second kappa shape index (κ2) is 14.7. The third-order valence-electron chi connectivity index (χ3n) is 12.2. The van der Waals surface area contributed by atoms with Crippen LogP contribution < -0.4 is 42.4 Å². The molecule has 0 aromatic heterocycles. The third-order valence-corrected chi connectivity index (χ3v) is 20.7. The standard InChI is InChI=1S/C53H46P2/c1-3-53(4-2)51-39-47(54(41-23-11-5-12-24-41,42-25-13-6-14-26-42)43-27-15-7-16-28-43)35-37-49(51)50-38-36-48(40-52(50)53)55(44-29-17-8-18-30-44,45-31-19-9-20-32-45)46-33-21-10-22-34-46/h5-40H,3-4H2,1-2H3/q+2. The number of fused-ring (bicyclic) bond motifs is 3. The second-order valence-corrected chi connectivity index (χ2v) is 21.4. The number of hydrogen-bond donors (Lipinski definition) is 0. The van der Waals surface area contributed by atoms with Gasteiger partial charge in [0.25, 0.3) is 0 Å². The average Bonchev–Trinajstić information content (AvgIpc) is 3.55. The molecule has 0 amide bonds. The summed E-state index contributed by atoms with van der Waals surface area (Å²) in [5.74, 6) is 0. The molecule has 0 nitrogen and oxygen atoms in total. The molecule has 8 aromatic rings. The average molecular weight is 745 g/mol. The van der Waals surface area contributed by atoms with Crippen molar-refractivity contribution in [1.82, 2.24) is 0 Å². The summed E-state index contributed by atoms with van der Waals surface area (Å²) in [5.41, 5.74) is 5.57. The fourth-order valence-corrected chi connectivity index (χ4v) is 18.1. The van der Waals surface area contributed by atoms with Gasteiger partial charge >= 0.3 is 0 Å². The first-order chi connectivity index (χ1) is 27.2. The zero-order chi connectivity index (χ0) is 37.3. The molecule has 2 heteroatoms. The molecular weight excluding hydrogens is 699 g/mol. The van der Waals surface area contributed by atoms with E-state index in [9.17, 15) is 0 Å². The van der Waals surface area contributed by atoms with Gasteiger partial charge in [0.05, 0.1) is 0 Å². The van der Waals surface area contributed by atoms with Gasteiger partial charge in [-0.2, -0.15) is 0 Å². The summed E-state index contributed by atoms with van der Waals surface area (Å²) in [6.45, 7) is 4.81. The number of benzene rings is 8. The first-order valence-corrected chi connectivity index (χ1v) is 23.2. The molecule has 55 heavy (non-hydrogen) atoms. The second-order valence-electron chi connectivity index (χ2n) is 14.6. The van der Waals surface area contributed by atoms with Crippen molar-refractivity contribution in [3.63, 3.8) is 0 Å². The first-order valence-electron chi connectivity index (χ1n) is 19.6. The normalized spacial score (nSPS) is 13.2. The van der Waals surface area contributed by atoms with Crippen LogP contribution in [0.1, 0.15) is 37.8 Å². The smallest absolute Gasteiger partial charge is 0.0642 e. The van der Waals surface area contributed by atoms with Gasteiger partial charge in [-0.05, 0) is 132 Å². The van der Waals surface area contributed by atoms with Gasteiger partial charge < -0.3 is 0 Å². The lowest BCUT2D eigenvalue weighted by atomic mass is 9.74. The fraction of sp³-hybridized carbons (Fsp3) is 0.0943. The van der Waals surface area contributed by atoms with Crippen LogP contribution in [0.15, 0.2) is 218 Å². The minimum absolute atomic E-state index is 0.129. The topological polar surface area (TPSA) is 0 Å². The molecule has 0 fully saturated rings. The van der Waals surface area contributed by atoms with Gasteiger partial charge in [0.1, 0.15) is 57.0 Å². The quantitative estimate of drug-likeness (QED) is 0.122. The van der Waals surface area contributed by atoms with E-state index in [1.54, 1.807) is 0 Å². The van der Waals surface area contributed by atoms with E-state index in [1.165, 1.54) is 64.7 Å². The lowest BCUT2D eigenvalue weighted by Crippen LogP contribution is -2.39. The maximum atomic E-state index is 2.64. The fourth-order valence-electron chi connectivity index (χ4n) is 9.60. The van der Waals surface area contributed by atoms with Crippen molar-refractivity contribution in [3.05, 3.63) is 230 Å². The first kappa shape index (κ1) is 35.3. The van der Waals surface area contributed by atoms with E-state index in [0.29, 0.717) is 0 Å². The van der Waals surface area contributed by atoms with E-state index in [-0.39, 0.29) is 5.41 Å². The SMILES string of the molecule is CCC1(CC)c2cc([P+](c3ccccc3)(c3ccccc3)c3ccccc3)ccc2-c2ccc([P+](c3ccccc3)(c3ccccc3)c3ccccc3)cc21. The van der Waals surface area contributed by atoms with Crippen molar-refractivity contribution in [2.45, 2.75) is 32.1 Å². The molecule has 0 bridgehead atoms. The summed E-state index contributed by atoms with van der Waals surface area (Å²) in [6.07, 6.45) is 2.05. The Kier molecular flexibility index (Phi) is 9.44. The van der Waals surface area contributed by atoms with E-state index in [1.807, 2.05) is 0 Å². The lowest BCUT2D eigenvalue weighted by Gasteiger charge is -2.33. The monoisotopic (exact) mass is 744 g/mol. The van der Waals surface area contributed by atoms with Gasteiger partial charge in [0.15, 0.2) is 0 Å². The molecule has 0 heterocycles. The molecule has 0 N–H and O–H groups in total. The molecule has 1 aliphatic rings. The number of rotatable bonds is 10. The molecule has 0 aliphatic heterocycles. The van der Waals surface area contributed by atoms with Gasteiger partial charge in [0.2, 0.25) is 0 Å². The minimum Gasteiger partial charge on any atom is -0.0642 e. The molecule has 1 aliphatic carbocycles. The van der Waals surface area contributed by atoms with Crippen molar-refractivity contribution in [1.29, 1.82) is 0 Å². The summed E-state index contributed by atoms with van der Waals surface area (Å²) < 4.78 is 0. The Morgan fingerprint density at radius 3 is 0.745 bits per heavy atom. The van der Waals surface area contributed by atoms with Crippen LogP contribution in [-0.4, -0.2) is 0 Å². The predicted octanol–water partition coefficient (Wildman–Crippen LogP) is 10.0. The van der Waals surface area contributed by atoms with Crippen molar-refractivity contribution in [3.8, 4) is 11.1 Å². The summed E-state index contributed by atoms with van der Waals surface area (Å²) in [7, 11) is -4.52. The van der Waals surface area contributed by atoms with Crippen LogP contribution in [0.25, 0.3) is 11.1 Å². The molecule has 0 spiro atoms. The minimum atomic E-state index is -2.26. The Morgan fingerprint density at radius 1 is 0.291 bits per heavy atom. The van der Waals surface area contributed by atoms with Crippen LogP contribution >= 0.6 is 14.5 Å². The van der Waals surface area contributed by atoms with Crippen LogP contribution in [0.2, 0.25) is 0 Å². The summed E-state index contributed by atoms with van der Waals surface area (Å²) >= 11 is 0. The van der Waals surface area contributed by atoms with Crippen molar-refractivity contribution in [2.24, 2.45) is 0 Å². The van der Waals surface area contributed by atoms with Gasteiger partial charge in [-0.15, -0.1) is 0 Å². The Labute approximate surface area is 328 Å². The Bertz CT molecular complexity index is 2160. The highest BCUT2D eigenvalue weighted by atomic mass is 31.2. The largest absolute Gasteiger partial charge is 0.144 e. The van der Waals surface area contributed by atoms with Crippen molar-refractivity contribution < 1.29 is 0 Å². The predicted molar refractivity (Wildman–Crippen MR) is 243 cm³/mol. The van der Waals surface area contributed by atoms with Gasteiger partial charge in [0, 0.05) is 5.41 Å². The number of hydrogen-bond acceptors (Lipinski definition) is 0. The summed E-state index contributed by atoms with van der Waals surface area (Å²) in [6, 6.07) is 82.8. The zero-order valence-electron chi connectivity index (χ0n) is 31.6. The van der Waals surface area contributed by atoms with Crippen LogP contribution in [0, 0.1) is 0 Å². The van der Waals surface area contributed by atoms with E-state index in [0.717, 1.165) is 12.8 Å². The molecule has 0 atom stereocenters. The molecule has 8 aromatic carbocycles. The lowest BCUT2D eigenvalue weighted by molar-refractivity contribution is 0.491. The van der Waals surface area contributed by atoms with Gasteiger partial charge in [-0.25, -0.2) is 0 Å². The third kappa shape index (κ3) is 5.50. The van der Waals surface area contributed by atoms with Gasteiger partial charge in [-0.3, -0.25) is 0 Å². The van der Waals surface area contributed by atoms with Crippen LogP contribution in [0.5, 0.6) is 0 Å². The Hall–Kier alpha value is -5.38. The van der Waals surface area contributed by atoms with Crippen LogP contribution in [0.3, 0.4) is 0 Å². The van der Waals surface area contributed by atoms with E-state index >= 15 is 0 Å². The van der Waals surface area contributed by atoms with Crippen molar-refractivity contribution in [2.75, 3.05) is 0 Å². The van der Waals surface area contributed by atoms with E-state index in [4.69, 9.17) is 0 Å². The molecule has 0 unspecified atom stereocenters. The molecule has 266 valence electrons.